The number of nitrogens with zero attached hydrogens (tertiary/aromatic N) is 5. The minimum Gasteiger partial charge on any atom is -0.312 e. The summed E-state index contributed by atoms with van der Waals surface area (Å²) in [6, 6.07) is 7.86. The summed E-state index contributed by atoms with van der Waals surface area (Å²) in [7, 11) is 0. The maximum atomic E-state index is 12.9. The molecule has 29 heavy (non-hydrogen) atoms. The zero-order valence-electron chi connectivity index (χ0n) is 16.1. The molecule has 1 aromatic carbocycles. The minimum atomic E-state index is -4.63. The Bertz CT molecular complexity index is 1090. The molecule has 0 saturated carbocycles. The van der Waals surface area contributed by atoms with Crippen LogP contribution in [-0.4, -0.2) is 32.0 Å². The number of halogens is 3. The summed E-state index contributed by atoms with van der Waals surface area (Å²) < 4.78 is 39.9. The Labute approximate surface area is 165 Å². The summed E-state index contributed by atoms with van der Waals surface area (Å²) in [6.45, 7) is 4.06. The van der Waals surface area contributed by atoms with Gasteiger partial charge in [-0.2, -0.15) is 18.2 Å². The SMILES string of the molecule is Cc1nc2nc(C(F)(F)F)nn2c(C)c1CCC(=O)N1CCCc2ccccc21. The molecule has 0 radical (unpaired) electrons. The molecule has 0 atom stereocenters. The van der Waals surface area contributed by atoms with E-state index in [1.54, 1.807) is 18.7 Å². The van der Waals surface area contributed by atoms with Crippen LogP contribution in [-0.2, 0) is 23.8 Å². The first-order valence-electron chi connectivity index (χ1n) is 9.44. The van der Waals surface area contributed by atoms with Gasteiger partial charge in [0.25, 0.3) is 11.6 Å². The predicted molar refractivity (Wildman–Crippen MR) is 101 cm³/mol. The van der Waals surface area contributed by atoms with Crippen molar-refractivity contribution in [3.63, 3.8) is 0 Å². The van der Waals surface area contributed by atoms with Gasteiger partial charge in [0.1, 0.15) is 0 Å². The van der Waals surface area contributed by atoms with Crippen molar-refractivity contribution in [3.05, 3.63) is 52.6 Å². The number of aryl methyl sites for hydroxylation is 3. The van der Waals surface area contributed by atoms with Crippen molar-refractivity contribution in [1.29, 1.82) is 0 Å². The van der Waals surface area contributed by atoms with Crippen molar-refractivity contribution >= 4 is 17.4 Å². The van der Waals surface area contributed by atoms with Crippen molar-refractivity contribution in [2.24, 2.45) is 0 Å². The van der Waals surface area contributed by atoms with Gasteiger partial charge in [0.05, 0.1) is 0 Å². The molecule has 1 aliphatic rings. The Hall–Kier alpha value is -2.97. The predicted octanol–water partition coefficient (Wildman–Crippen LogP) is 3.67. The number of carbonyl (C=O) groups excluding carboxylic acids is 1. The Morgan fingerprint density at radius 3 is 2.69 bits per heavy atom. The van der Waals surface area contributed by atoms with Crippen LogP contribution in [0.2, 0.25) is 0 Å². The molecule has 3 aromatic rings. The molecule has 4 rings (SSSR count). The standard InChI is InChI=1S/C20H20F3N5O/c1-12-15(13(2)28-19(24-12)25-18(26-28)20(21,22)23)9-10-17(29)27-11-5-7-14-6-3-4-8-16(14)27/h3-4,6,8H,5,7,9-11H2,1-2H3. The summed E-state index contributed by atoms with van der Waals surface area (Å²) in [5.41, 5.74) is 3.89. The van der Waals surface area contributed by atoms with Crippen LogP contribution in [0.5, 0.6) is 0 Å². The number of rotatable bonds is 3. The molecule has 0 saturated heterocycles. The number of amides is 1. The van der Waals surface area contributed by atoms with Crippen molar-refractivity contribution in [3.8, 4) is 0 Å². The second kappa shape index (κ2) is 7.13. The van der Waals surface area contributed by atoms with E-state index in [0.29, 0.717) is 24.4 Å². The monoisotopic (exact) mass is 403 g/mol. The molecule has 1 amide bonds. The number of hydrogen-bond donors (Lipinski definition) is 0. The van der Waals surface area contributed by atoms with Crippen LogP contribution in [0, 0.1) is 13.8 Å². The van der Waals surface area contributed by atoms with Crippen LogP contribution in [0.1, 0.15) is 41.2 Å². The average molecular weight is 403 g/mol. The average Bonchev–Trinajstić information content (AvgIpc) is 3.12. The molecule has 0 spiro atoms. The molecule has 1 aliphatic heterocycles. The third kappa shape index (κ3) is 3.56. The highest BCUT2D eigenvalue weighted by molar-refractivity contribution is 5.94. The molecule has 0 aliphatic carbocycles. The molecule has 0 fully saturated rings. The quantitative estimate of drug-likeness (QED) is 0.669. The molecule has 0 N–H and O–H groups in total. The first kappa shape index (κ1) is 19.4. The van der Waals surface area contributed by atoms with E-state index in [9.17, 15) is 18.0 Å². The van der Waals surface area contributed by atoms with Crippen LogP contribution in [0.25, 0.3) is 5.78 Å². The second-order valence-corrected chi connectivity index (χ2v) is 7.18. The van der Waals surface area contributed by atoms with Crippen LogP contribution in [0.4, 0.5) is 18.9 Å². The molecule has 9 heteroatoms. The molecule has 3 heterocycles. The second-order valence-electron chi connectivity index (χ2n) is 7.18. The summed E-state index contributed by atoms with van der Waals surface area (Å²) in [4.78, 5) is 22.3. The third-order valence-electron chi connectivity index (χ3n) is 5.30. The molecular weight excluding hydrogens is 383 g/mol. The van der Waals surface area contributed by atoms with Gasteiger partial charge in [0.15, 0.2) is 0 Å². The van der Waals surface area contributed by atoms with Crippen LogP contribution < -0.4 is 4.90 Å². The zero-order valence-corrected chi connectivity index (χ0v) is 16.1. The lowest BCUT2D eigenvalue weighted by atomic mass is 10.0. The number of anilines is 1. The maximum Gasteiger partial charge on any atom is 0.453 e. The van der Waals surface area contributed by atoms with Gasteiger partial charge < -0.3 is 4.90 Å². The summed E-state index contributed by atoms with van der Waals surface area (Å²) in [5, 5.41) is 3.55. The Kier molecular flexibility index (Phi) is 4.76. The maximum absolute atomic E-state index is 12.9. The Morgan fingerprint density at radius 2 is 1.93 bits per heavy atom. The Morgan fingerprint density at radius 1 is 1.17 bits per heavy atom. The van der Waals surface area contributed by atoms with Gasteiger partial charge >= 0.3 is 6.18 Å². The van der Waals surface area contributed by atoms with Crippen LogP contribution in [0.3, 0.4) is 0 Å². The van der Waals surface area contributed by atoms with E-state index in [1.807, 2.05) is 24.3 Å². The normalized spacial score (nSPS) is 14.3. The van der Waals surface area contributed by atoms with Gasteiger partial charge in [-0.15, -0.1) is 5.10 Å². The number of hydrogen-bond acceptors (Lipinski definition) is 4. The number of fused-ring (bicyclic) bond motifs is 2. The van der Waals surface area contributed by atoms with E-state index >= 15 is 0 Å². The van der Waals surface area contributed by atoms with E-state index in [2.05, 4.69) is 15.1 Å². The fourth-order valence-electron chi connectivity index (χ4n) is 3.85. The largest absolute Gasteiger partial charge is 0.453 e. The molecule has 6 nitrogen and oxygen atoms in total. The van der Waals surface area contributed by atoms with Crippen LogP contribution in [0.15, 0.2) is 24.3 Å². The van der Waals surface area contributed by atoms with E-state index in [1.165, 1.54) is 0 Å². The lowest BCUT2D eigenvalue weighted by Gasteiger charge is -2.29. The van der Waals surface area contributed by atoms with Crippen molar-refractivity contribution in [2.45, 2.75) is 45.7 Å². The zero-order chi connectivity index (χ0) is 20.8. The molecule has 0 unspecified atom stereocenters. The molecule has 2 aromatic heterocycles. The van der Waals surface area contributed by atoms with Gasteiger partial charge in [-0.05, 0) is 50.3 Å². The first-order chi connectivity index (χ1) is 13.8. The fourth-order valence-corrected chi connectivity index (χ4v) is 3.85. The van der Waals surface area contributed by atoms with Crippen LogP contribution >= 0.6 is 0 Å². The van der Waals surface area contributed by atoms with E-state index in [-0.39, 0.29) is 18.1 Å². The molecule has 0 bridgehead atoms. The first-order valence-corrected chi connectivity index (χ1v) is 9.44. The smallest absolute Gasteiger partial charge is 0.312 e. The van der Waals surface area contributed by atoms with E-state index < -0.39 is 12.0 Å². The number of benzene rings is 1. The number of alkyl halides is 3. The number of aromatic nitrogens is 4. The van der Waals surface area contributed by atoms with E-state index in [0.717, 1.165) is 34.2 Å². The number of para-hydroxylation sites is 1. The Balaban J connectivity index is 1.58. The van der Waals surface area contributed by atoms with Gasteiger partial charge in [-0.3, -0.25) is 4.79 Å². The highest BCUT2D eigenvalue weighted by Crippen LogP contribution is 2.29. The van der Waals surface area contributed by atoms with Gasteiger partial charge in [0, 0.05) is 30.0 Å². The fraction of sp³-hybridized carbons (Fsp3) is 0.400. The lowest BCUT2D eigenvalue weighted by Crippen LogP contribution is -2.35. The van der Waals surface area contributed by atoms with Gasteiger partial charge in [-0.1, -0.05) is 18.2 Å². The summed E-state index contributed by atoms with van der Waals surface area (Å²) in [5.74, 6) is -1.32. The van der Waals surface area contributed by atoms with Crippen molar-refractivity contribution in [1.82, 2.24) is 19.6 Å². The number of carbonyl (C=O) groups is 1. The minimum absolute atomic E-state index is 0.00869. The molecular formula is C20H20F3N5O. The third-order valence-corrected chi connectivity index (χ3v) is 5.30. The van der Waals surface area contributed by atoms with Gasteiger partial charge in [-0.25, -0.2) is 9.50 Å². The van der Waals surface area contributed by atoms with Gasteiger partial charge in [0.2, 0.25) is 5.91 Å². The van der Waals surface area contributed by atoms with Crippen molar-refractivity contribution in [2.75, 3.05) is 11.4 Å². The van der Waals surface area contributed by atoms with E-state index in [4.69, 9.17) is 0 Å². The lowest BCUT2D eigenvalue weighted by molar-refractivity contribution is -0.144. The molecule has 152 valence electrons. The van der Waals surface area contributed by atoms with Crippen molar-refractivity contribution < 1.29 is 18.0 Å². The summed E-state index contributed by atoms with van der Waals surface area (Å²) in [6.07, 6.45) is -2.16. The highest BCUT2D eigenvalue weighted by atomic mass is 19.4. The highest BCUT2D eigenvalue weighted by Gasteiger charge is 2.37. The summed E-state index contributed by atoms with van der Waals surface area (Å²) >= 11 is 0. The topological polar surface area (TPSA) is 63.4 Å².